The van der Waals surface area contributed by atoms with E-state index in [-0.39, 0.29) is 11.8 Å². The van der Waals surface area contributed by atoms with Crippen LogP contribution in [0.4, 0.5) is 5.69 Å². The molecule has 1 aliphatic rings. The monoisotopic (exact) mass is 483 g/mol. The third-order valence-corrected chi connectivity index (χ3v) is 6.86. The first-order valence-corrected chi connectivity index (χ1v) is 12.3. The predicted molar refractivity (Wildman–Crippen MR) is 137 cm³/mol. The number of hydrogen-bond donors (Lipinski definition) is 2. The highest BCUT2D eigenvalue weighted by Crippen LogP contribution is 2.24. The van der Waals surface area contributed by atoms with Gasteiger partial charge in [-0.3, -0.25) is 14.6 Å². The zero-order chi connectivity index (χ0) is 24.2. The maximum atomic E-state index is 12.9. The molecule has 2 aromatic heterocycles. The molecule has 2 N–H and O–H groups in total. The first-order chi connectivity index (χ1) is 17.0. The molecule has 0 radical (unpaired) electrons. The number of nitrogens with zero attached hydrogens (tertiary/aromatic N) is 3. The minimum atomic E-state index is -0.254. The lowest BCUT2D eigenvalue weighted by Gasteiger charge is -2.25. The standard InChI is InChI=1S/C27H25N5O2S/c1-32-12-9-19-5-6-23(14-22(19)16-32)30-25(33)21-4-2-3-18(13-21)15-29-26(34)24-17-35-27(31-24)20-7-10-28-11-8-20/h2-8,10-11,13-14,17H,9,12,15-16H2,1H3,(H,29,34)(H,30,33). The molecule has 2 amide bonds. The molecule has 2 aromatic carbocycles. The van der Waals surface area contributed by atoms with E-state index in [2.05, 4.69) is 44.7 Å². The lowest BCUT2D eigenvalue weighted by Crippen LogP contribution is -2.26. The number of anilines is 1. The van der Waals surface area contributed by atoms with Gasteiger partial charge in [0.1, 0.15) is 10.7 Å². The second kappa shape index (κ2) is 10.2. The average molecular weight is 484 g/mol. The largest absolute Gasteiger partial charge is 0.347 e. The highest BCUT2D eigenvalue weighted by molar-refractivity contribution is 7.13. The van der Waals surface area contributed by atoms with Gasteiger partial charge in [-0.2, -0.15) is 0 Å². The number of likely N-dealkylation sites (N-methyl/N-ethyl adjacent to an activating group) is 1. The molecule has 8 heteroatoms. The Morgan fingerprint density at radius 3 is 2.74 bits per heavy atom. The Kier molecular flexibility index (Phi) is 6.65. The second-order valence-electron chi connectivity index (χ2n) is 8.58. The van der Waals surface area contributed by atoms with E-state index in [9.17, 15) is 9.59 Å². The van der Waals surface area contributed by atoms with Crippen LogP contribution in [0, 0.1) is 0 Å². The highest BCUT2D eigenvalue weighted by atomic mass is 32.1. The van der Waals surface area contributed by atoms with Gasteiger partial charge in [0.15, 0.2) is 0 Å². The Morgan fingerprint density at radius 1 is 1.03 bits per heavy atom. The lowest BCUT2D eigenvalue weighted by atomic mass is 9.99. The molecule has 1 aliphatic heterocycles. The maximum absolute atomic E-state index is 12.9. The SMILES string of the molecule is CN1CCc2ccc(NC(=O)c3cccc(CNC(=O)c4csc(-c5ccncc5)n4)c3)cc2C1. The number of amides is 2. The lowest BCUT2D eigenvalue weighted by molar-refractivity contribution is 0.0946. The third kappa shape index (κ3) is 5.45. The van der Waals surface area contributed by atoms with E-state index in [1.807, 2.05) is 30.3 Å². The molecule has 0 atom stereocenters. The molecule has 0 fully saturated rings. The van der Waals surface area contributed by atoms with Crippen LogP contribution in [0.2, 0.25) is 0 Å². The molecule has 35 heavy (non-hydrogen) atoms. The first-order valence-electron chi connectivity index (χ1n) is 11.4. The van der Waals surface area contributed by atoms with E-state index in [1.165, 1.54) is 22.5 Å². The quantitative estimate of drug-likeness (QED) is 0.425. The topological polar surface area (TPSA) is 87.2 Å². The van der Waals surface area contributed by atoms with Crippen molar-refractivity contribution < 1.29 is 9.59 Å². The summed E-state index contributed by atoms with van der Waals surface area (Å²) >= 11 is 1.41. The van der Waals surface area contributed by atoms with Gasteiger partial charge in [-0.05, 0) is 66.6 Å². The van der Waals surface area contributed by atoms with Crippen LogP contribution in [0.15, 0.2) is 72.4 Å². The fourth-order valence-corrected chi connectivity index (χ4v) is 4.89. The van der Waals surface area contributed by atoms with Crippen molar-refractivity contribution in [3.63, 3.8) is 0 Å². The smallest absolute Gasteiger partial charge is 0.271 e. The summed E-state index contributed by atoms with van der Waals surface area (Å²) in [7, 11) is 2.10. The van der Waals surface area contributed by atoms with Gasteiger partial charge in [0.25, 0.3) is 11.8 Å². The number of nitrogens with one attached hydrogen (secondary N) is 2. The summed E-state index contributed by atoms with van der Waals surface area (Å²) in [5.41, 5.74) is 6.05. The summed E-state index contributed by atoms with van der Waals surface area (Å²) in [5, 5.41) is 8.40. The third-order valence-electron chi connectivity index (χ3n) is 5.97. The number of benzene rings is 2. The minimum absolute atomic E-state index is 0.177. The molecule has 0 saturated carbocycles. The zero-order valence-corrected chi connectivity index (χ0v) is 20.1. The molecule has 3 heterocycles. The molecule has 4 aromatic rings. The summed E-state index contributed by atoms with van der Waals surface area (Å²) in [6, 6.07) is 17.1. The number of rotatable bonds is 6. The Labute approximate surface area is 207 Å². The zero-order valence-electron chi connectivity index (χ0n) is 19.3. The van der Waals surface area contributed by atoms with Gasteiger partial charge in [0.2, 0.25) is 0 Å². The van der Waals surface area contributed by atoms with Crippen molar-refractivity contribution in [2.45, 2.75) is 19.5 Å². The van der Waals surface area contributed by atoms with Crippen molar-refractivity contribution in [3.8, 4) is 10.6 Å². The van der Waals surface area contributed by atoms with Crippen LogP contribution < -0.4 is 10.6 Å². The summed E-state index contributed by atoms with van der Waals surface area (Å²) < 4.78 is 0. The van der Waals surface area contributed by atoms with Gasteiger partial charge in [-0.1, -0.05) is 18.2 Å². The van der Waals surface area contributed by atoms with Crippen LogP contribution in [0.25, 0.3) is 10.6 Å². The molecule has 0 saturated heterocycles. The molecule has 5 rings (SSSR count). The van der Waals surface area contributed by atoms with Gasteiger partial charge in [-0.25, -0.2) is 4.98 Å². The number of pyridine rings is 1. The number of thiazole rings is 1. The minimum Gasteiger partial charge on any atom is -0.347 e. The van der Waals surface area contributed by atoms with Crippen molar-refractivity contribution in [1.29, 1.82) is 0 Å². The normalized spacial score (nSPS) is 13.2. The highest BCUT2D eigenvalue weighted by Gasteiger charge is 2.15. The van der Waals surface area contributed by atoms with E-state index in [1.54, 1.807) is 29.9 Å². The molecule has 176 valence electrons. The van der Waals surface area contributed by atoms with Crippen LogP contribution in [-0.4, -0.2) is 40.3 Å². The number of carbonyl (C=O) groups is 2. The number of hydrogen-bond acceptors (Lipinski definition) is 6. The van der Waals surface area contributed by atoms with Gasteiger partial charge in [-0.15, -0.1) is 11.3 Å². The Balaban J connectivity index is 1.21. The van der Waals surface area contributed by atoms with E-state index in [4.69, 9.17) is 0 Å². The Bertz CT molecular complexity index is 1370. The number of fused-ring (bicyclic) bond motifs is 1. The van der Waals surface area contributed by atoms with E-state index in [0.29, 0.717) is 17.8 Å². The summed E-state index contributed by atoms with van der Waals surface area (Å²) in [6.45, 7) is 2.24. The number of carbonyl (C=O) groups excluding carboxylic acids is 2. The van der Waals surface area contributed by atoms with Gasteiger partial charge in [0, 0.05) is 54.2 Å². The molecule has 0 bridgehead atoms. The molecular formula is C27H25N5O2S. The fourth-order valence-electron chi connectivity index (χ4n) is 4.08. The average Bonchev–Trinajstić information content (AvgIpc) is 3.38. The van der Waals surface area contributed by atoms with Crippen LogP contribution in [-0.2, 0) is 19.5 Å². The van der Waals surface area contributed by atoms with Crippen molar-refractivity contribution in [3.05, 3.63) is 100 Å². The molecule has 0 spiro atoms. The van der Waals surface area contributed by atoms with E-state index < -0.39 is 0 Å². The van der Waals surface area contributed by atoms with E-state index >= 15 is 0 Å². The fraction of sp³-hybridized carbons (Fsp3) is 0.185. The molecule has 0 aliphatic carbocycles. The van der Waals surface area contributed by atoms with Gasteiger partial charge >= 0.3 is 0 Å². The van der Waals surface area contributed by atoms with Crippen LogP contribution in [0.1, 0.15) is 37.5 Å². The van der Waals surface area contributed by atoms with Crippen LogP contribution in [0.5, 0.6) is 0 Å². The first kappa shape index (κ1) is 22.9. The predicted octanol–water partition coefficient (Wildman–Crippen LogP) is 4.38. The summed E-state index contributed by atoms with van der Waals surface area (Å²) in [6.07, 6.45) is 4.42. The van der Waals surface area contributed by atoms with Crippen LogP contribution >= 0.6 is 11.3 Å². The number of aromatic nitrogens is 2. The van der Waals surface area contributed by atoms with Crippen molar-refractivity contribution in [2.24, 2.45) is 0 Å². The Morgan fingerprint density at radius 2 is 1.89 bits per heavy atom. The molecule has 7 nitrogen and oxygen atoms in total. The summed E-state index contributed by atoms with van der Waals surface area (Å²) in [5.74, 6) is -0.431. The van der Waals surface area contributed by atoms with Gasteiger partial charge < -0.3 is 15.5 Å². The maximum Gasteiger partial charge on any atom is 0.271 e. The molecule has 0 unspecified atom stereocenters. The molecular weight excluding hydrogens is 458 g/mol. The van der Waals surface area contributed by atoms with Crippen molar-refractivity contribution in [1.82, 2.24) is 20.2 Å². The Hall–Kier alpha value is -3.88. The van der Waals surface area contributed by atoms with Crippen LogP contribution in [0.3, 0.4) is 0 Å². The van der Waals surface area contributed by atoms with Crippen molar-refractivity contribution in [2.75, 3.05) is 18.9 Å². The second-order valence-corrected chi connectivity index (χ2v) is 9.44. The van der Waals surface area contributed by atoms with E-state index in [0.717, 1.165) is 41.3 Å². The van der Waals surface area contributed by atoms with Gasteiger partial charge in [0.05, 0.1) is 0 Å². The summed E-state index contributed by atoms with van der Waals surface area (Å²) in [4.78, 5) is 36.2. The van der Waals surface area contributed by atoms with Crippen molar-refractivity contribution >= 4 is 28.8 Å².